The molecular weight excluding hydrogens is 711 g/mol. The predicted octanol–water partition coefficient (Wildman–Crippen LogP) is 15.9. The monoisotopic (exact) mass is 755 g/mol. The highest BCUT2D eigenvalue weighted by atomic mass is 15.1. The zero-order chi connectivity index (χ0) is 39.9. The van der Waals surface area contributed by atoms with Gasteiger partial charge in [-0.3, -0.25) is 0 Å². The first-order valence-corrected chi connectivity index (χ1v) is 20.8. The van der Waals surface area contributed by atoms with Crippen molar-refractivity contribution in [1.29, 1.82) is 0 Å². The van der Waals surface area contributed by atoms with Crippen LogP contribution in [0.2, 0.25) is 0 Å². The van der Waals surface area contributed by atoms with Crippen molar-refractivity contribution in [2.24, 2.45) is 0 Å². The smallest absolute Gasteiger partial charge is 0.0546 e. The fourth-order valence-electron chi connectivity index (χ4n) is 10.1. The second-order valence-electron chi connectivity index (χ2n) is 17.3. The molecule has 2 aliphatic carbocycles. The van der Waals surface area contributed by atoms with Gasteiger partial charge in [0.1, 0.15) is 0 Å². The van der Waals surface area contributed by atoms with Crippen LogP contribution in [0.5, 0.6) is 0 Å². The van der Waals surface area contributed by atoms with Crippen molar-refractivity contribution in [2.45, 2.75) is 38.5 Å². The number of fused-ring (bicyclic) bond motifs is 5. The summed E-state index contributed by atoms with van der Waals surface area (Å²) >= 11 is 0. The zero-order valence-electron chi connectivity index (χ0n) is 34.0. The number of anilines is 3. The Labute approximate surface area is 347 Å². The van der Waals surface area contributed by atoms with Crippen molar-refractivity contribution in [3.63, 3.8) is 0 Å². The van der Waals surface area contributed by atoms with Crippen molar-refractivity contribution < 1.29 is 0 Å². The van der Waals surface area contributed by atoms with Gasteiger partial charge in [-0.2, -0.15) is 0 Å². The van der Waals surface area contributed by atoms with Crippen LogP contribution in [0.4, 0.5) is 17.1 Å². The molecule has 0 heterocycles. The Morgan fingerprint density at radius 1 is 0.322 bits per heavy atom. The summed E-state index contributed by atoms with van der Waals surface area (Å²) in [5.41, 5.74) is 21.2. The molecule has 282 valence electrons. The number of benzene rings is 9. The van der Waals surface area contributed by atoms with Crippen molar-refractivity contribution in [3.8, 4) is 55.6 Å². The minimum Gasteiger partial charge on any atom is -0.310 e. The molecule has 0 N–H and O–H groups in total. The Morgan fingerprint density at radius 3 is 1.51 bits per heavy atom. The number of rotatable bonds is 6. The molecule has 11 rings (SSSR count). The molecule has 0 saturated heterocycles. The first-order chi connectivity index (χ1) is 28.8. The van der Waals surface area contributed by atoms with Gasteiger partial charge in [0.05, 0.1) is 5.69 Å². The number of hydrogen-bond acceptors (Lipinski definition) is 1. The maximum atomic E-state index is 2.51. The first kappa shape index (κ1) is 35.2. The molecule has 0 spiro atoms. The maximum Gasteiger partial charge on any atom is 0.0546 e. The lowest BCUT2D eigenvalue weighted by molar-refractivity contribution is 0.645. The van der Waals surface area contributed by atoms with Gasteiger partial charge in [-0.05, 0) is 119 Å². The number of hydrogen-bond donors (Lipinski definition) is 0. The Balaban J connectivity index is 1.11. The minimum atomic E-state index is -0.197. The van der Waals surface area contributed by atoms with E-state index in [1.54, 1.807) is 0 Å². The van der Waals surface area contributed by atoms with E-state index in [0.717, 1.165) is 11.4 Å². The standard InChI is InChI=1S/C58H45N/c1-57(2)50-20-12-11-19-47(50)48-34-32-46(37-53(48)57)59(45-30-26-42(27-31-45)41-24-22-40(23-25-41)38-14-7-5-8-15-38)54-35-29-43-18-13-21-51-55(43)56(54)49-33-28-44(36-52(49)58(51,3)4)39-16-9-6-10-17-39/h5-37H,1-4H3. The molecule has 59 heavy (non-hydrogen) atoms. The zero-order valence-corrected chi connectivity index (χ0v) is 34.0. The summed E-state index contributed by atoms with van der Waals surface area (Å²) in [6.45, 7) is 9.54. The summed E-state index contributed by atoms with van der Waals surface area (Å²) in [6, 6.07) is 74.3. The molecule has 0 radical (unpaired) electrons. The van der Waals surface area contributed by atoms with Crippen LogP contribution in [0.3, 0.4) is 0 Å². The van der Waals surface area contributed by atoms with Crippen LogP contribution in [0.25, 0.3) is 66.4 Å². The fraction of sp³-hybridized carbons (Fsp3) is 0.103. The highest BCUT2D eigenvalue weighted by Gasteiger charge is 2.38. The van der Waals surface area contributed by atoms with E-state index >= 15 is 0 Å². The summed E-state index contributed by atoms with van der Waals surface area (Å²) in [5.74, 6) is 0. The third kappa shape index (κ3) is 5.53. The third-order valence-corrected chi connectivity index (χ3v) is 13.3. The molecule has 0 amide bonds. The lowest BCUT2D eigenvalue weighted by atomic mass is 9.67. The van der Waals surface area contributed by atoms with Gasteiger partial charge < -0.3 is 4.90 Å². The van der Waals surface area contributed by atoms with Crippen molar-refractivity contribution >= 4 is 27.8 Å². The topological polar surface area (TPSA) is 3.24 Å². The Hall–Kier alpha value is -6.96. The highest BCUT2D eigenvalue weighted by Crippen LogP contribution is 2.56. The average Bonchev–Trinajstić information content (AvgIpc) is 3.52. The summed E-state index contributed by atoms with van der Waals surface area (Å²) in [5, 5.41) is 2.61. The van der Waals surface area contributed by atoms with Crippen molar-refractivity contribution in [1.82, 2.24) is 0 Å². The van der Waals surface area contributed by atoms with Crippen LogP contribution in [0, 0.1) is 0 Å². The molecule has 0 fully saturated rings. The van der Waals surface area contributed by atoms with E-state index in [1.165, 1.54) is 94.3 Å². The first-order valence-electron chi connectivity index (χ1n) is 20.8. The van der Waals surface area contributed by atoms with Crippen LogP contribution in [0.15, 0.2) is 200 Å². The second-order valence-corrected chi connectivity index (χ2v) is 17.3. The molecule has 0 bridgehead atoms. The Kier molecular flexibility index (Phi) is 7.94. The van der Waals surface area contributed by atoms with E-state index in [9.17, 15) is 0 Å². The predicted molar refractivity (Wildman–Crippen MR) is 250 cm³/mol. The Morgan fingerprint density at radius 2 is 0.814 bits per heavy atom. The summed E-state index contributed by atoms with van der Waals surface area (Å²) in [6.07, 6.45) is 0. The summed E-state index contributed by atoms with van der Waals surface area (Å²) in [4.78, 5) is 2.51. The fourth-order valence-corrected chi connectivity index (χ4v) is 10.1. The molecule has 2 aliphatic rings. The summed E-state index contributed by atoms with van der Waals surface area (Å²) in [7, 11) is 0. The van der Waals surface area contributed by atoms with E-state index in [-0.39, 0.29) is 10.8 Å². The summed E-state index contributed by atoms with van der Waals surface area (Å²) < 4.78 is 0. The van der Waals surface area contributed by atoms with Gasteiger partial charge >= 0.3 is 0 Å². The van der Waals surface area contributed by atoms with Gasteiger partial charge in [-0.15, -0.1) is 0 Å². The van der Waals surface area contributed by atoms with Gasteiger partial charge in [-0.1, -0.05) is 191 Å². The lowest BCUT2D eigenvalue weighted by Gasteiger charge is -2.38. The molecule has 9 aromatic carbocycles. The van der Waals surface area contributed by atoms with Gasteiger partial charge in [0, 0.05) is 27.8 Å². The molecule has 0 atom stereocenters. The molecule has 0 saturated carbocycles. The van der Waals surface area contributed by atoms with Crippen molar-refractivity contribution in [3.05, 3.63) is 222 Å². The van der Waals surface area contributed by atoms with Crippen LogP contribution in [0.1, 0.15) is 49.9 Å². The SMILES string of the molecule is CC1(C)c2ccccc2-c2ccc(N(c3ccc(-c4ccc(-c5ccccc5)cc4)cc3)c3ccc4cccc5c4c3-c3ccc(-c4ccccc4)cc3C5(C)C)cc21. The Bertz CT molecular complexity index is 3060. The molecule has 0 unspecified atom stereocenters. The highest BCUT2D eigenvalue weighted by molar-refractivity contribution is 6.10. The molecule has 1 heteroatoms. The van der Waals surface area contributed by atoms with E-state index in [4.69, 9.17) is 0 Å². The van der Waals surface area contributed by atoms with Gasteiger partial charge in [-0.25, -0.2) is 0 Å². The lowest BCUT2D eigenvalue weighted by Crippen LogP contribution is -2.25. The second kappa shape index (κ2) is 13.3. The van der Waals surface area contributed by atoms with Gasteiger partial charge in [0.2, 0.25) is 0 Å². The normalized spacial score (nSPS) is 14.0. The largest absolute Gasteiger partial charge is 0.310 e. The molecule has 0 aliphatic heterocycles. The van der Waals surface area contributed by atoms with Crippen LogP contribution in [-0.4, -0.2) is 0 Å². The van der Waals surface area contributed by atoms with Gasteiger partial charge in [0.15, 0.2) is 0 Å². The van der Waals surface area contributed by atoms with E-state index < -0.39 is 0 Å². The molecular formula is C58H45N. The maximum absolute atomic E-state index is 2.51. The van der Waals surface area contributed by atoms with Crippen molar-refractivity contribution in [2.75, 3.05) is 4.90 Å². The van der Waals surface area contributed by atoms with Crippen LogP contribution >= 0.6 is 0 Å². The average molecular weight is 756 g/mol. The quantitative estimate of drug-likeness (QED) is 0.163. The van der Waals surface area contributed by atoms with Gasteiger partial charge in [0.25, 0.3) is 0 Å². The molecule has 0 aromatic heterocycles. The molecule has 1 nitrogen and oxygen atoms in total. The number of nitrogens with zero attached hydrogens (tertiary/aromatic N) is 1. The minimum absolute atomic E-state index is 0.126. The van der Waals surface area contributed by atoms with Crippen LogP contribution < -0.4 is 4.90 Å². The third-order valence-electron chi connectivity index (χ3n) is 13.3. The van der Waals surface area contributed by atoms with E-state index in [0.29, 0.717) is 0 Å². The van der Waals surface area contributed by atoms with E-state index in [1.807, 2.05) is 0 Å². The molecule has 9 aromatic rings. The van der Waals surface area contributed by atoms with E-state index in [2.05, 4.69) is 233 Å². The van der Waals surface area contributed by atoms with Crippen LogP contribution in [-0.2, 0) is 10.8 Å².